The molecular formula is C14H13NO3. The van der Waals surface area contributed by atoms with Gasteiger partial charge in [-0.3, -0.25) is 0 Å². The van der Waals surface area contributed by atoms with E-state index in [4.69, 9.17) is 4.74 Å². The fraction of sp³-hybridized carbons (Fsp3) is 0.143. The molecule has 0 bridgehead atoms. The molecule has 2 aromatic rings. The van der Waals surface area contributed by atoms with Gasteiger partial charge < -0.3 is 9.84 Å². The Balaban J connectivity index is 2.56. The molecule has 92 valence electrons. The maximum atomic E-state index is 11.3. The van der Waals surface area contributed by atoms with E-state index in [1.165, 1.54) is 7.11 Å². The van der Waals surface area contributed by atoms with Gasteiger partial charge in [0.2, 0.25) is 5.88 Å². The van der Waals surface area contributed by atoms with E-state index in [1.807, 2.05) is 6.07 Å². The number of ether oxygens (including phenoxy) is 1. The number of carboxylic acid groups (broad SMARTS) is 1. The van der Waals surface area contributed by atoms with Crippen LogP contribution in [-0.2, 0) is 0 Å². The molecule has 0 unspecified atom stereocenters. The van der Waals surface area contributed by atoms with E-state index in [0.29, 0.717) is 17.0 Å². The first-order valence-corrected chi connectivity index (χ1v) is 5.47. The average molecular weight is 243 g/mol. The van der Waals surface area contributed by atoms with Gasteiger partial charge in [-0.05, 0) is 24.1 Å². The molecular weight excluding hydrogens is 230 g/mol. The third-order valence-corrected chi connectivity index (χ3v) is 2.74. The number of aromatic carboxylic acids is 1. The lowest BCUT2D eigenvalue weighted by Crippen LogP contribution is -2.02. The lowest BCUT2D eigenvalue weighted by Gasteiger charge is -2.09. The van der Waals surface area contributed by atoms with Crippen molar-refractivity contribution in [1.82, 2.24) is 4.98 Å². The molecule has 0 saturated heterocycles. The third kappa shape index (κ3) is 2.18. The van der Waals surface area contributed by atoms with Gasteiger partial charge in [0.1, 0.15) is 0 Å². The number of pyridine rings is 1. The summed E-state index contributed by atoms with van der Waals surface area (Å²) in [7, 11) is 1.54. The van der Waals surface area contributed by atoms with Gasteiger partial charge in [0.05, 0.1) is 12.7 Å². The predicted molar refractivity (Wildman–Crippen MR) is 67.9 cm³/mol. The van der Waals surface area contributed by atoms with Crippen LogP contribution in [0, 0.1) is 6.92 Å². The Bertz CT molecular complexity index is 576. The first-order valence-electron chi connectivity index (χ1n) is 5.47. The minimum absolute atomic E-state index is 0.310. The molecule has 0 atom stereocenters. The second-order valence-corrected chi connectivity index (χ2v) is 3.89. The highest BCUT2D eigenvalue weighted by Crippen LogP contribution is 2.26. The van der Waals surface area contributed by atoms with Gasteiger partial charge in [0, 0.05) is 17.8 Å². The standard InChI is InChI=1S/C14H13NO3/c1-9-4-3-5-11(13(9)14(16)17)10-6-7-12(18-2)15-8-10/h3-8H,1-2H3,(H,16,17). The van der Waals surface area contributed by atoms with Gasteiger partial charge in [-0.2, -0.15) is 0 Å². The van der Waals surface area contributed by atoms with E-state index < -0.39 is 5.97 Å². The number of rotatable bonds is 3. The summed E-state index contributed by atoms with van der Waals surface area (Å²) >= 11 is 0. The van der Waals surface area contributed by atoms with Crippen LogP contribution in [0.15, 0.2) is 36.5 Å². The highest BCUT2D eigenvalue weighted by Gasteiger charge is 2.14. The Hall–Kier alpha value is -2.36. The predicted octanol–water partition coefficient (Wildman–Crippen LogP) is 2.76. The minimum atomic E-state index is -0.932. The van der Waals surface area contributed by atoms with E-state index in [1.54, 1.807) is 37.4 Å². The van der Waals surface area contributed by atoms with Crippen molar-refractivity contribution < 1.29 is 14.6 Å². The van der Waals surface area contributed by atoms with Crippen LogP contribution in [0.1, 0.15) is 15.9 Å². The van der Waals surface area contributed by atoms with Crippen LogP contribution in [0.4, 0.5) is 0 Å². The van der Waals surface area contributed by atoms with Crippen LogP contribution in [0.5, 0.6) is 5.88 Å². The fourth-order valence-electron chi connectivity index (χ4n) is 1.85. The van der Waals surface area contributed by atoms with E-state index in [0.717, 1.165) is 11.1 Å². The monoisotopic (exact) mass is 243 g/mol. The van der Waals surface area contributed by atoms with Crippen molar-refractivity contribution >= 4 is 5.97 Å². The van der Waals surface area contributed by atoms with Crippen LogP contribution in [0.3, 0.4) is 0 Å². The summed E-state index contributed by atoms with van der Waals surface area (Å²) < 4.78 is 4.98. The maximum Gasteiger partial charge on any atom is 0.336 e. The van der Waals surface area contributed by atoms with Gasteiger partial charge >= 0.3 is 5.97 Å². The number of benzene rings is 1. The zero-order chi connectivity index (χ0) is 13.1. The maximum absolute atomic E-state index is 11.3. The lowest BCUT2D eigenvalue weighted by molar-refractivity contribution is 0.0697. The zero-order valence-corrected chi connectivity index (χ0v) is 10.2. The molecule has 1 N–H and O–H groups in total. The molecule has 4 nitrogen and oxygen atoms in total. The van der Waals surface area contributed by atoms with Crippen molar-refractivity contribution in [1.29, 1.82) is 0 Å². The first kappa shape index (κ1) is 12.1. The molecule has 4 heteroatoms. The largest absolute Gasteiger partial charge is 0.481 e. The highest BCUT2D eigenvalue weighted by atomic mass is 16.5. The van der Waals surface area contributed by atoms with Crippen LogP contribution in [0.25, 0.3) is 11.1 Å². The molecule has 0 radical (unpaired) electrons. The SMILES string of the molecule is COc1ccc(-c2cccc(C)c2C(=O)O)cn1. The minimum Gasteiger partial charge on any atom is -0.481 e. The van der Waals surface area contributed by atoms with Gasteiger partial charge in [0.25, 0.3) is 0 Å². The highest BCUT2D eigenvalue weighted by molar-refractivity contribution is 5.97. The number of carbonyl (C=O) groups is 1. The Morgan fingerprint density at radius 2 is 2.06 bits per heavy atom. The molecule has 2 rings (SSSR count). The molecule has 0 aliphatic carbocycles. The number of hydrogen-bond acceptors (Lipinski definition) is 3. The molecule has 1 aromatic heterocycles. The third-order valence-electron chi connectivity index (χ3n) is 2.74. The zero-order valence-electron chi connectivity index (χ0n) is 10.2. The molecule has 1 aromatic carbocycles. The number of nitrogens with zero attached hydrogens (tertiary/aromatic N) is 1. The second-order valence-electron chi connectivity index (χ2n) is 3.89. The van der Waals surface area contributed by atoms with Gasteiger partial charge in [-0.15, -0.1) is 0 Å². The van der Waals surface area contributed by atoms with E-state index in [9.17, 15) is 9.90 Å². The number of methoxy groups -OCH3 is 1. The van der Waals surface area contributed by atoms with Crippen molar-refractivity contribution in [2.45, 2.75) is 6.92 Å². The molecule has 1 heterocycles. The summed E-state index contributed by atoms with van der Waals surface area (Å²) in [6.45, 7) is 1.78. The van der Waals surface area contributed by atoms with Crippen molar-refractivity contribution in [3.63, 3.8) is 0 Å². The number of aryl methyl sites for hydroxylation is 1. The van der Waals surface area contributed by atoms with E-state index in [-0.39, 0.29) is 0 Å². The van der Waals surface area contributed by atoms with Crippen molar-refractivity contribution in [2.24, 2.45) is 0 Å². The Labute approximate surface area is 105 Å². The normalized spacial score (nSPS) is 10.1. The Morgan fingerprint density at radius 3 is 2.61 bits per heavy atom. The van der Waals surface area contributed by atoms with E-state index >= 15 is 0 Å². The number of hydrogen-bond donors (Lipinski definition) is 1. The molecule has 0 aliphatic heterocycles. The molecule has 18 heavy (non-hydrogen) atoms. The Morgan fingerprint density at radius 1 is 1.28 bits per heavy atom. The fourth-order valence-corrected chi connectivity index (χ4v) is 1.85. The molecule has 0 amide bonds. The molecule has 0 fully saturated rings. The Kier molecular flexibility index (Phi) is 3.28. The smallest absolute Gasteiger partial charge is 0.336 e. The quantitative estimate of drug-likeness (QED) is 0.900. The van der Waals surface area contributed by atoms with Gasteiger partial charge in [0.15, 0.2) is 0 Å². The summed E-state index contributed by atoms with van der Waals surface area (Å²) in [5.41, 5.74) is 2.47. The van der Waals surface area contributed by atoms with Crippen LogP contribution in [0.2, 0.25) is 0 Å². The molecule has 0 spiro atoms. The van der Waals surface area contributed by atoms with Crippen molar-refractivity contribution in [2.75, 3.05) is 7.11 Å². The summed E-state index contributed by atoms with van der Waals surface area (Å²) in [6.07, 6.45) is 1.61. The molecule has 0 saturated carbocycles. The van der Waals surface area contributed by atoms with Crippen LogP contribution in [-0.4, -0.2) is 23.2 Å². The topological polar surface area (TPSA) is 59.4 Å². The van der Waals surface area contributed by atoms with E-state index in [2.05, 4.69) is 4.98 Å². The second kappa shape index (κ2) is 4.87. The average Bonchev–Trinajstić information content (AvgIpc) is 2.38. The van der Waals surface area contributed by atoms with Crippen molar-refractivity contribution in [3.8, 4) is 17.0 Å². The number of carboxylic acids is 1. The first-order chi connectivity index (χ1) is 8.63. The lowest BCUT2D eigenvalue weighted by atomic mass is 9.97. The summed E-state index contributed by atoms with van der Waals surface area (Å²) in [6, 6.07) is 8.90. The summed E-state index contributed by atoms with van der Waals surface area (Å²) in [4.78, 5) is 15.4. The summed E-state index contributed by atoms with van der Waals surface area (Å²) in [5.74, 6) is -0.429. The summed E-state index contributed by atoms with van der Waals surface area (Å²) in [5, 5.41) is 9.26. The van der Waals surface area contributed by atoms with Gasteiger partial charge in [-0.25, -0.2) is 9.78 Å². The molecule has 0 aliphatic rings. The van der Waals surface area contributed by atoms with Gasteiger partial charge in [-0.1, -0.05) is 18.2 Å². The van der Waals surface area contributed by atoms with Crippen LogP contribution < -0.4 is 4.74 Å². The van der Waals surface area contributed by atoms with Crippen molar-refractivity contribution in [3.05, 3.63) is 47.7 Å². The number of aromatic nitrogens is 1. The van der Waals surface area contributed by atoms with Crippen LogP contribution >= 0.6 is 0 Å².